The largest absolute Gasteiger partial charge is 0.349 e. The van der Waals surface area contributed by atoms with E-state index in [9.17, 15) is 4.79 Å². The molecule has 0 aliphatic rings. The van der Waals surface area contributed by atoms with Crippen LogP contribution in [0.5, 0.6) is 0 Å². The summed E-state index contributed by atoms with van der Waals surface area (Å²) in [5.74, 6) is 0.121. The maximum absolute atomic E-state index is 11.8. The number of rotatable bonds is 7. The fourth-order valence-corrected chi connectivity index (χ4v) is 1.92. The molecule has 0 saturated heterocycles. The van der Waals surface area contributed by atoms with Gasteiger partial charge in [-0.2, -0.15) is 0 Å². The van der Waals surface area contributed by atoms with Crippen LogP contribution in [-0.4, -0.2) is 12.5 Å². The molecule has 1 aromatic rings. The van der Waals surface area contributed by atoms with Crippen LogP contribution in [0.4, 0.5) is 0 Å². The van der Waals surface area contributed by atoms with E-state index in [1.807, 2.05) is 0 Å². The van der Waals surface area contributed by atoms with Gasteiger partial charge in [-0.15, -0.1) is 0 Å². The highest BCUT2D eigenvalue weighted by Gasteiger charge is 2.11. The Kier molecular flexibility index (Phi) is 6.44. The summed E-state index contributed by atoms with van der Waals surface area (Å²) in [6, 6.07) is 8.46. The number of aryl methyl sites for hydroxylation is 1. The van der Waals surface area contributed by atoms with Crippen molar-refractivity contribution in [3.05, 3.63) is 35.4 Å². The van der Waals surface area contributed by atoms with Gasteiger partial charge in [0, 0.05) is 6.42 Å². The molecule has 0 radical (unpaired) electrons. The molecule has 0 spiro atoms. The number of carbonyl (C=O) groups excluding carboxylic acids is 1. The summed E-state index contributed by atoms with van der Waals surface area (Å²) in [5, 5.41) is 3.08. The average Bonchev–Trinajstić information content (AvgIpc) is 2.37. The minimum Gasteiger partial charge on any atom is -0.349 e. The molecule has 0 heterocycles. The van der Waals surface area contributed by atoms with Crippen LogP contribution in [0.25, 0.3) is 0 Å². The summed E-state index contributed by atoms with van der Waals surface area (Å²) in [6.07, 6.45) is 3.26. The fourth-order valence-electron chi connectivity index (χ4n) is 1.92. The van der Waals surface area contributed by atoms with Crippen molar-refractivity contribution in [3.8, 4) is 0 Å². The maximum atomic E-state index is 11.8. The molecule has 1 aromatic carbocycles. The average molecular weight is 248 g/mol. The van der Waals surface area contributed by atoms with Gasteiger partial charge in [-0.05, 0) is 38.3 Å². The van der Waals surface area contributed by atoms with E-state index in [4.69, 9.17) is 5.73 Å². The summed E-state index contributed by atoms with van der Waals surface area (Å²) in [7, 11) is 0. The molecule has 3 N–H and O–H groups in total. The normalized spacial score (nSPS) is 12.2. The molecular formula is C15H24N2O. The van der Waals surface area contributed by atoms with E-state index >= 15 is 0 Å². The number of carbonyl (C=O) groups is 1. The second-order valence-electron chi connectivity index (χ2n) is 4.68. The number of nitrogens with one attached hydrogen (secondary N) is 1. The molecule has 0 saturated carbocycles. The van der Waals surface area contributed by atoms with Crippen molar-refractivity contribution in [1.82, 2.24) is 5.32 Å². The van der Waals surface area contributed by atoms with Gasteiger partial charge in [-0.25, -0.2) is 0 Å². The third kappa shape index (κ3) is 4.88. The highest BCUT2D eigenvalue weighted by molar-refractivity contribution is 5.76. The van der Waals surface area contributed by atoms with Crippen molar-refractivity contribution in [1.29, 1.82) is 0 Å². The van der Waals surface area contributed by atoms with Gasteiger partial charge >= 0.3 is 0 Å². The second kappa shape index (κ2) is 7.88. The van der Waals surface area contributed by atoms with Crippen LogP contribution in [0.3, 0.4) is 0 Å². The van der Waals surface area contributed by atoms with Crippen LogP contribution in [0, 0.1) is 6.92 Å². The lowest BCUT2D eigenvalue weighted by Gasteiger charge is -2.17. The minimum absolute atomic E-state index is 0.121. The van der Waals surface area contributed by atoms with Crippen LogP contribution in [0.15, 0.2) is 24.3 Å². The number of benzene rings is 1. The van der Waals surface area contributed by atoms with Crippen LogP contribution in [0.2, 0.25) is 0 Å². The SMILES string of the molecule is CCC(NC(=O)CCCCN)c1ccc(C)cc1. The number of hydrogen-bond donors (Lipinski definition) is 2. The van der Waals surface area contributed by atoms with Crippen LogP contribution >= 0.6 is 0 Å². The zero-order valence-electron chi connectivity index (χ0n) is 11.4. The molecule has 0 aromatic heterocycles. The molecule has 1 atom stereocenters. The van der Waals surface area contributed by atoms with Gasteiger partial charge in [0.05, 0.1) is 6.04 Å². The van der Waals surface area contributed by atoms with E-state index in [-0.39, 0.29) is 11.9 Å². The highest BCUT2D eigenvalue weighted by atomic mass is 16.1. The first kappa shape index (κ1) is 14.7. The van der Waals surface area contributed by atoms with Crippen molar-refractivity contribution in [2.45, 2.75) is 45.6 Å². The predicted octanol–water partition coefficient (Wildman–Crippen LogP) is 2.69. The number of amides is 1. The second-order valence-corrected chi connectivity index (χ2v) is 4.68. The van der Waals surface area contributed by atoms with E-state index in [1.165, 1.54) is 11.1 Å². The van der Waals surface area contributed by atoms with E-state index in [2.05, 4.69) is 43.4 Å². The van der Waals surface area contributed by atoms with Crippen molar-refractivity contribution < 1.29 is 4.79 Å². The van der Waals surface area contributed by atoms with Crippen LogP contribution < -0.4 is 11.1 Å². The summed E-state index contributed by atoms with van der Waals surface area (Å²) >= 11 is 0. The van der Waals surface area contributed by atoms with Crippen molar-refractivity contribution in [3.63, 3.8) is 0 Å². The Balaban J connectivity index is 2.51. The number of nitrogens with two attached hydrogens (primary N) is 1. The molecule has 1 amide bonds. The molecule has 0 aliphatic heterocycles. The highest BCUT2D eigenvalue weighted by Crippen LogP contribution is 2.17. The van der Waals surface area contributed by atoms with Crippen LogP contribution in [-0.2, 0) is 4.79 Å². The molecule has 0 bridgehead atoms. The van der Waals surface area contributed by atoms with Gasteiger partial charge in [0.1, 0.15) is 0 Å². The Bertz CT molecular complexity index is 359. The molecule has 1 unspecified atom stereocenters. The van der Waals surface area contributed by atoms with Gasteiger partial charge in [-0.3, -0.25) is 4.79 Å². The molecular weight excluding hydrogens is 224 g/mol. The Hall–Kier alpha value is -1.35. The Morgan fingerprint density at radius 3 is 2.50 bits per heavy atom. The first-order valence-corrected chi connectivity index (χ1v) is 6.73. The van der Waals surface area contributed by atoms with Crippen molar-refractivity contribution in [2.75, 3.05) is 6.54 Å². The zero-order valence-corrected chi connectivity index (χ0v) is 11.4. The number of unbranched alkanes of at least 4 members (excludes halogenated alkanes) is 1. The van der Waals surface area contributed by atoms with Crippen molar-refractivity contribution >= 4 is 5.91 Å². The first-order valence-electron chi connectivity index (χ1n) is 6.73. The smallest absolute Gasteiger partial charge is 0.220 e. The van der Waals surface area contributed by atoms with Crippen molar-refractivity contribution in [2.24, 2.45) is 5.73 Å². The van der Waals surface area contributed by atoms with Crippen LogP contribution in [0.1, 0.15) is 49.8 Å². The lowest BCUT2D eigenvalue weighted by molar-refractivity contribution is -0.122. The topological polar surface area (TPSA) is 55.1 Å². The molecule has 18 heavy (non-hydrogen) atoms. The molecule has 3 nitrogen and oxygen atoms in total. The van der Waals surface area contributed by atoms with Gasteiger partial charge < -0.3 is 11.1 Å². The number of hydrogen-bond acceptors (Lipinski definition) is 2. The Morgan fingerprint density at radius 1 is 1.28 bits per heavy atom. The van der Waals surface area contributed by atoms with E-state index in [1.54, 1.807) is 0 Å². The lowest BCUT2D eigenvalue weighted by atomic mass is 10.0. The summed E-state index contributed by atoms with van der Waals surface area (Å²) in [4.78, 5) is 11.8. The molecule has 0 aliphatic carbocycles. The summed E-state index contributed by atoms with van der Waals surface area (Å²) < 4.78 is 0. The first-order chi connectivity index (χ1) is 8.67. The zero-order chi connectivity index (χ0) is 13.4. The van der Waals surface area contributed by atoms with E-state index < -0.39 is 0 Å². The monoisotopic (exact) mass is 248 g/mol. The predicted molar refractivity (Wildman–Crippen MR) is 75.3 cm³/mol. The minimum atomic E-state index is 0.121. The maximum Gasteiger partial charge on any atom is 0.220 e. The van der Waals surface area contributed by atoms with Gasteiger partial charge in [0.25, 0.3) is 0 Å². The molecule has 0 fully saturated rings. The lowest BCUT2D eigenvalue weighted by Crippen LogP contribution is -2.28. The summed E-state index contributed by atoms with van der Waals surface area (Å²) in [5.41, 5.74) is 7.83. The van der Waals surface area contributed by atoms with E-state index in [0.717, 1.165) is 19.3 Å². The quantitative estimate of drug-likeness (QED) is 0.729. The standard InChI is InChI=1S/C15H24N2O/c1-3-14(13-9-7-12(2)8-10-13)17-15(18)6-4-5-11-16/h7-10,14H,3-6,11,16H2,1-2H3,(H,17,18). The Morgan fingerprint density at radius 2 is 1.94 bits per heavy atom. The van der Waals surface area contributed by atoms with Gasteiger partial charge in [0.2, 0.25) is 5.91 Å². The third-order valence-electron chi connectivity index (χ3n) is 3.08. The van der Waals surface area contributed by atoms with Gasteiger partial charge in [-0.1, -0.05) is 36.8 Å². The molecule has 3 heteroatoms. The Labute approximate surface area is 110 Å². The fraction of sp³-hybridized carbons (Fsp3) is 0.533. The van der Waals surface area contributed by atoms with Gasteiger partial charge in [0.15, 0.2) is 0 Å². The van der Waals surface area contributed by atoms with E-state index in [0.29, 0.717) is 13.0 Å². The third-order valence-corrected chi connectivity index (χ3v) is 3.08. The summed E-state index contributed by atoms with van der Waals surface area (Å²) in [6.45, 7) is 4.81. The molecule has 1 rings (SSSR count). The molecule has 100 valence electrons.